The number of nitrogens with two attached hydrogens (primary N) is 1. The van der Waals surface area contributed by atoms with Gasteiger partial charge in [0.2, 0.25) is 5.91 Å². The summed E-state index contributed by atoms with van der Waals surface area (Å²) in [7, 11) is 0. The molecule has 1 atom stereocenters. The van der Waals surface area contributed by atoms with Crippen molar-refractivity contribution in [3.05, 3.63) is 0 Å². The van der Waals surface area contributed by atoms with Gasteiger partial charge in [-0.25, -0.2) is 0 Å². The van der Waals surface area contributed by atoms with E-state index in [1.165, 1.54) is 0 Å². The normalized spacial score (nSPS) is 12.9. The summed E-state index contributed by atoms with van der Waals surface area (Å²) in [4.78, 5) is 13.5. The molecule has 0 rings (SSSR count). The Morgan fingerprint density at radius 3 is 2.40 bits per heavy atom. The number of aliphatic hydroxyl groups excluding tert-OH is 1. The number of aliphatic hydroxyl groups is 1. The highest BCUT2D eigenvalue weighted by atomic mass is 16.3. The van der Waals surface area contributed by atoms with Crippen molar-refractivity contribution in [2.45, 2.75) is 39.7 Å². The van der Waals surface area contributed by atoms with Crippen LogP contribution in [0, 0.1) is 5.92 Å². The molecule has 0 aromatic rings. The zero-order valence-electron chi connectivity index (χ0n) is 10.1. The first-order chi connectivity index (χ1) is 7.02. The smallest absolute Gasteiger partial charge is 0.224 e. The van der Waals surface area contributed by atoms with Crippen LogP contribution in [-0.2, 0) is 4.79 Å². The third-order valence-corrected chi connectivity index (χ3v) is 2.48. The molecular weight excluding hydrogens is 192 g/mol. The monoisotopic (exact) mass is 216 g/mol. The van der Waals surface area contributed by atoms with Crippen LogP contribution in [0.4, 0.5) is 0 Å². The van der Waals surface area contributed by atoms with E-state index >= 15 is 0 Å². The lowest BCUT2D eigenvalue weighted by Crippen LogP contribution is -2.39. The maximum Gasteiger partial charge on any atom is 0.224 e. The van der Waals surface area contributed by atoms with Crippen LogP contribution in [0.15, 0.2) is 0 Å². The summed E-state index contributed by atoms with van der Waals surface area (Å²) in [5.74, 6) is 0.360. The Morgan fingerprint density at radius 1 is 1.40 bits per heavy atom. The van der Waals surface area contributed by atoms with Gasteiger partial charge >= 0.3 is 0 Å². The van der Waals surface area contributed by atoms with Gasteiger partial charge in [-0.3, -0.25) is 4.79 Å². The fourth-order valence-electron chi connectivity index (χ4n) is 1.32. The third kappa shape index (κ3) is 5.74. The van der Waals surface area contributed by atoms with Crippen LogP contribution in [-0.4, -0.2) is 41.7 Å². The van der Waals surface area contributed by atoms with Crippen LogP contribution in [0.1, 0.15) is 33.6 Å². The van der Waals surface area contributed by atoms with Crippen molar-refractivity contribution >= 4 is 5.91 Å². The van der Waals surface area contributed by atoms with Crippen molar-refractivity contribution in [2.75, 3.05) is 19.7 Å². The molecule has 90 valence electrons. The Hall–Kier alpha value is -0.610. The van der Waals surface area contributed by atoms with Gasteiger partial charge in [0.25, 0.3) is 0 Å². The first-order valence-corrected chi connectivity index (χ1v) is 5.67. The molecule has 0 heterocycles. The first-order valence-electron chi connectivity index (χ1n) is 5.67. The number of hydrogen-bond donors (Lipinski definition) is 2. The second-order valence-electron chi connectivity index (χ2n) is 4.22. The fraction of sp³-hybridized carbons (Fsp3) is 0.909. The van der Waals surface area contributed by atoms with Gasteiger partial charge in [-0.1, -0.05) is 20.8 Å². The number of carbonyl (C=O) groups excluding carboxylic acids is 1. The average Bonchev–Trinajstić information content (AvgIpc) is 2.17. The molecule has 0 aliphatic rings. The van der Waals surface area contributed by atoms with Crippen LogP contribution in [0.5, 0.6) is 0 Å². The average molecular weight is 216 g/mol. The summed E-state index contributed by atoms with van der Waals surface area (Å²) >= 11 is 0. The molecule has 0 bridgehead atoms. The van der Waals surface area contributed by atoms with Crippen LogP contribution >= 0.6 is 0 Å². The lowest BCUT2D eigenvalue weighted by molar-refractivity contribution is -0.132. The van der Waals surface area contributed by atoms with E-state index in [1.54, 1.807) is 4.90 Å². The van der Waals surface area contributed by atoms with Crippen molar-refractivity contribution in [1.29, 1.82) is 0 Å². The van der Waals surface area contributed by atoms with Crippen molar-refractivity contribution in [1.82, 2.24) is 4.90 Å². The highest BCUT2D eigenvalue weighted by molar-refractivity contribution is 5.76. The van der Waals surface area contributed by atoms with E-state index < -0.39 is 0 Å². The standard InChI is InChI=1S/C11H24N2O2/c1-4-5-13(6-7-14)11(15)8-10(12)9(2)3/h9-10,14H,4-8,12H2,1-3H3. The van der Waals surface area contributed by atoms with Gasteiger partial charge < -0.3 is 15.7 Å². The molecule has 4 heteroatoms. The fourth-order valence-corrected chi connectivity index (χ4v) is 1.32. The summed E-state index contributed by atoms with van der Waals surface area (Å²) in [5, 5.41) is 8.83. The maximum atomic E-state index is 11.8. The van der Waals surface area contributed by atoms with Gasteiger partial charge in [0.15, 0.2) is 0 Å². The molecule has 0 aromatic carbocycles. The number of nitrogens with zero attached hydrogens (tertiary/aromatic N) is 1. The second-order valence-corrected chi connectivity index (χ2v) is 4.22. The summed E-state index contributed by atoms with van der Waals surface area (Å²) in [6, 6.07) is -0.0875. The quantitative estimate of drug-likeness (QED) is 0.654. The lowest BCUT2D eigenvalue weighted by atomic mass is 10.0. The predicted molar refractivity (Wildman–Crippen MR) is 61.4 cm³/mol. The van der Waals surface area contributed by atoms with Crippen molar-refractivity contribution in [3.63, 3.8) is 0 Å². The lowest BCUT2D eigenvalue weighted by Gasteiger charge is -2.24. The maximum absolute atomic E-state index is 11.8. The molecule has 0 saturated heterocycles. The van der Waals surface area contributed by atoms with E-state index in [4.69, 9.17) is 10.8 Å². The van der Waals surface area contributed by atoms with Crippen molar-refractivity contribution in [2.24, 2.45) is 11.7 Å². The molecular formula is C11H24N2O2. The highest BCUT2D eigenvalue weighted by Gasteiger charge is 2.17. The highest BCUT2D eigenvalue weighted by Crippen LogP contribution is 2.06. The van der Waals surface area contributed by atoms with Crippen LogP contribution in [0.25, 0.3) is 0 Å². The Balaban J connectivity index is 4.12. The van der Waals surface area contributed by atoms with E-state index in [-0.39, 0.29) is 18.6 Å². The van der Waals surface area contributed by atoms with Crippen molar-refractivity contribution < 1.29 is 9.90 Å². The Bertz CT molecular complexity index is 177. The Kier molecular flexibility index (Phi) is 7.34. The van der Waals surface area contributed by atoms with Gasteiger partial charge in [-0.2, -0.15) is 0 Å². The van der Waals surface area contributed by atoms with E-state index in [9.17, 15) is 4.79 Å². The molecule has 1 unspecified atom stereocenters. The molecule has 0 aliphatic carbocycles. The second kappa shape index (κ2) is 7.65. The van der Waals surface area contributed by atoms with Gasteiger partial charge in [0, 0.05) is 25.6 Å². The van der Waals surface area contributed by atoms with Gasteiger partial charge in [-0.05, 0) is 12.3 Å². The summed E-state index contributed by atoms with van der Waals surface area (Å²) < 4.78 is 0. The number of carbonyl (C=O) groups is 1. The Labute approximate surface area is 92.4 Å². The first kappa shape index (κ1) is 14.4. The van der Waals surface area contributed by atoms with Gasteiger partial charge in [0.05, 0.1) is 6.61 Å². The van der Waals surface area contributed by atoms with Gasteiger partial charge in [-0.15, -0.1) is 0 Å². The van der Waals surface area contributed by atoms with Crippen LogP contribution < -0.4 is 5.73 Å². The predicted octanol–water partition coefficient (Wildman–Crippen LogP) is 0.591. The zero-order chi connectivity index (χ0) is 11.8. The van der Waals surface area contributed by atoms with Crippen LogP contribution in [0.2, 0.25) is 0 Å². The zero-order valence-corrected chi connectivity index (χ0v) is 10.1. The largest absolute Gasteiger partial charge is 0.395 e. The topological polar surface area (TPSA) is 66.6 Å². The minimum atomic E-state index is -0.0875. The van der Waals surface area contributed by atoms with E-state index in [2.05, 4.69) is 0 Å². The van der Waals surface area contributed by atoms with E-state index in [0.29, 0.717) is 25.4 Å². The molecule has 0 radical (unpaired) electrons. The molecule has 1 amide bonds. The number of rotatable bonds is 7. The minimum Gasteiger partial charge on any atom is -0.395 e. The summed E-state index contributed by atoms with van der Waals surface area (Å²) in [6.07, 6.45) is 1.28. The van der Waals surface area contributed by atoms with Crippen molar-refractivity contribution in [3.8, 4) is 0 Å². The Morgan fingerprint density at radius 2 is 2.00 bits per heavy atom. The van der Waals surface area contributed by atoms with E-state index in [1.807, 2.05) is 20.8 Å². The van der Waals surface area contributed by atoms with Crippen LogP contribution in [0.3, 0.4) is 0 Å². The molecule has 3 N–H and O–H groups in total. The number of hydrogen-bond acceptors (Lipinski definition) is 3. The van der Waals surface area contributed by atoms with Gasteiger partial charge in [0.1, 0.15) is 0 Å². The molecule has 0 fully saturated rings. The molecule has 0 saturated carbocycles. The molecule has 15 heavy (non-hydrogen) atoms. The summed E-state index contributed by atoms with van der Waals surface area (Å²) in [6.45, 7) is 7.16. The molecule has 0 aliphatic heterocycles. The third-order valence-electron chi connectivity index (χ3n) is 2.48. The number of amides is 1. The van der Waals surface area contributed by atoms with E-state index in [0.717, 1.165) is 6.42 Å². The SMILES string of the molecule is CCCN(CCO)C(=O)CC(N)C(C)C. The molecule has 0 aromatic heterocycles. The minimum absolute atomic E-state index is 0.0165. The summed E-state index contributed by atoms with van der Waals surface area (Å²) in [5.41, 5.74) is 5.84. The molecule has 0 spiro atoms. The molecule has 4 nitrogen and oxygen atoms in total.